The number of esters is 1. The predicted octanol–water partition coefficient (Wildman–Crippen LogP) is 2.79. The van der Waals surface area contributed by atoms with Crippen LogP contribution in [0.25, 0.3) is 0 Å². The van der Waals surface area contributed by atoms with Gasteiger partial charge in [0.1, 0.15) is 0 Å². The van der Waals surface area contributed by atoms with Crippen LogP contribution in [0.1, 0.15) is 38.4 Å². The fraction of sp³-hybridized carbons (Fsp3) is 0.632. The van der Waals surface area contributed by atoms with Crippen molar-refractivity contribution in [1.29, 1.82) is 0 Å². The van der Waals surface area contributed by atoms with Crippen LogP contribution in [0, 0.1) is 27.9 Å². The summed E-state index contributed by atoms with van der Waals surface area (Å²) < 4.78 is 4.92. The number of rotatable bonds is 7. The van der Waals surface area contributed by atoms with Gasteiger partial charge in [-0.15, -0.1) is 0 Å². The van der Waals surface area contributed by atoms with Crippen molar-refractivity contribution < 1.29 is 19.6 Å². The monoisotopic (exact) mass is 364 g/mol. The maximum absolute atomic E-state index is 12.4. The number of aliphatic hydroxyl groups excluding tert-OH is 1. The molecule has 1 aliphatic heterocycles. The van der Waals surface area contributed by atoms with Gasteiger partial charge in [-0.2, -0.15) is 0 Å². The number of nitro groups is 1. The molecule has 0 bridgehead atoms. The summed E-state index contributed by atoms with van der Waals surface area (Å²) in [5, 5.41) is 22.1. The van der Waals surface area contributed by atoms with E-state index in [-0.39, 0.29) is 17.2 Å². The van der Waals surface area contributed by atoms with Crippen molar-refractivity contribution in [3.8, 4) is 0 Å². The van der Waals surface area contributed by atoms with E-state index in [0.29, 0.717) is 5.92 Å². The van der Waals surface area contributed by atoms with E-state index in [1.165, 1.54) is 19.2 Å². The number of hydrogen-bond acceptors (Lipinski definition) is 6. The zero-order valence-corrected chi connectivity index (χ0v) is 15.6. The first-order chi connectivity index (χ1) is 12.3. The summed E-state index contributed by atoms with van der Waals surface area (Å²) in [5.41, 5.74) is -0.0105. The Balaban J connectivity index is 2.21. The number of benzene rings is 1. The molecule has 1 N–H and O–H groups in total. The number of methoxy groups -OCH3 is 1. The quantitative estimate of drug-likeness (QED) is 0.454. The minimum Gasteiger partial charge on any atom is -0.469 e. The molecule has 1 aromatic rings. The molecule has 1 aliphatic rings. The number of carbonyl (C=O) groups excluding carboxylic acids is 1. The lowest BCUT2D eigenvalue weighted by Gasteiger charge is -2.37. The molecule has 1 fully saturated rings. The molecule has 0 spiro atoms. The van der Waals surface area contributed by atoms with Gasteiger partial charge >= 0.3 is 5.97 Å². The topological polar surface area (TPSA) is 92.9 Å². The first-order valence-corrected chi connectivity index (χ1v) is 9.06. The van der Waals surface area contributed by atoms with E-state index in [4.69, 9.17) is 4.74 Å². The minimum atomic E-state index is -1.26. The molecule has 1 heterocycles. The minimum absolute atomic E-state index is 0.0688. The number of likely N-dealkylation sites (tertiary alicyclic amines) is 1. The van der Waals surface area contributed by atoms with E-state index < -0.39 is 22.9 Å². The van der Waals surface area contributed by atoms with Gasteiger partial charge in [-0.1, -0.05) is 26.0 Å². The van der Waals surface area contributed by atoms with Crippen LogP contribution in [0.3, 0.4) is 0 Å². The summed E-state index contributed by atoms with van der Waals surface area (Å²) >= 11 is 0. The fourth-order valence-electron chi connectivity index (χ4n) is 3.82. The molecule has 0 aliphatic carbocycles. The molecular weight excluding hydrogens is 336 g/mol. The molecule has 2 atom stereocenters. The number of nitro benzene ring substituents is 1. The Kier molecular flexibility index (Phi) is 7.11. The SMILES string of the molecule is COC(=O)C(C1CCN(CC(C)C)CC1)C(O)c1ccccc1[N+](=O)[O-]. The van der Waals surface area contributed by atoms with E-state index >= 15 is 0 Å². The van der Waals surface area contributed by atoms with E-state index in [9.17, 15) is 20.0 Å². The Morgan fingerprint density at radius 1 is 1.35 bits per heavy atom. The van der Waals surface area contributed by atoms with Crippen molar-refractivity contribution in [3.63, 3.8) is 0 Å². The Hall–Kier alpha value is -1.99. The maximum atomic E-state index is 12.4. The number of ether oxygens (including phenoxy) is 1. The van der Waals surface area contributed by atoms with Crippen LogP contribution in [0.5, 0.6) is 0 Å². The van der Waals surface area contributed by atoms with Gasteiger partial charge < -0.3 is 14.7 Å². The summed E-state index contributed by atoms with van der Waals surface area (Å²) in [5.74, 6) is -0.818. The molecule has 0 radical (unpaired) electrons. The molecular formula is C19H28N2O5. The number of carbonyl (C=O) groups is 1. The summed E-state index contributed by atoms with van der Waals surface area (Å²) in [6.07, 6.45) is 0.250. The normalized spacial score (nSPS) is 18.5. The van der Waals surface area contributed by atoms with Crippen LogP contribution in [0.4, 0.5) is 5.69 Å². The van der Waals surface area contributed by atoms with E-state index in [2.05, 4.69) is 18.7 Å². The van der Waals surface area contributed by atoms with Crippen molar-refractivity contribution in [2.24, 2.45) is 17.8 Å². The Bertz CT molecular complexity index is 626. The van der Waals surface area contributed by atoms with E-state index in [1.54, 1.807) is 12.1 Å². The molecule has 7 nitrogen and oxygen atoms in total. The largest absolute Gasteiger partial charge is 0.469 e. The summed E-state index contributed by atoms with van der Waals surface area (Å²) in [6.45, 7) is 7.03. The van der Waals surface area contributed by atoms with Crippen molar-refractivity contribution in [3.05, 3.63) is 39.9 Å². The third-order valence-corrected chi connectivity index (χ3v) is 5.03. The number of nitrogens with zero attached hydrogens (tertiary/aromatic N) is 2. The highest BCUT2D eigenvalue weighted by Crippen LogP contribution is 2.38. The van der Waals surface area contributed by atoms with Gasteiger partial charge in [-0.3, -0.25) is 14.9 Å². The summed E-state index contributed by atoms with van der Waals surface area (Å²) in [7, 11) is 1.29. The van der Waals surface area contributed by atoms with Gasteiger partial charge in [0.15, 0.2) is 0 Å². The van der Waals surface area contributed by atoms with Gasteiger partial charge in [0.25, 0.3) is 5.69 Å². The lowest BCUT2D eigenvalue weighted by Crippen LogP contribution is -2.41. The van der Waals surface area contributed by atoms with E-state index in [0.717, 1.165) is 32.5 Å². The molecule has 2 rings (SSSR count). The molecule has 7 heteroatoms. The van der Waals surface area contributed by atoms with E-state index in [1.807, 2.05) is 0 Å². The van der Waals surface area contributed by atoms with Crippen molar-refractivity contribution in [2.75, 3.05) is 26.7 Å². The Morgan fingerprint density at radius 3 is 2.50 bits per heavy atom. The molecule has 26 heavy (non-hydrogen) atoms. The van der Waals surface area contributed by atoms with Gasteiger partial charge in [0.05, 0.1) is 29.6 Å². The third-order valence-electron chi connectivity index (χ3n) is 5.03. The highest BCUT2D eigenvalue weighted by Gasteiger charge is 2.40. The standard InChI is InChI=1S/C19H28N2O5/c1-13(2)12-20-10-8-14(9-11-20)17(19(23)26-3)18(22)15-6-4-5-7-16(15)21(24)25/h4-7,13-14,17-18,22H,8-12H2,1-3H3. The highest BCUT2D eigenvalue weighted by atomic mass is 16.6. The lowest BCUT2D eigenvalue weighted by atomic mass is 9.78. The van der Waals surface area contributed by atoms with Gasteiger partial charge in [-0.05, 0) is 43.8 Å². The first-order valence-electron chi connectivity index (χ1n) is 9.06. The number of piperidine rings is 1. The van der Waals surface area contributed by atoms with Crippen molar-refractivity contribution in [1.82, 2.24) is 4.90 Å². The Morgan fingerprint density at radius 2 is 1.96 bits per heavy atom. The van der Waals surface area contributed by atoms with Crippen molar-refractivity contribution in [2.45, 2.75) is 32.8 Å². The highest BCUT2D eigenvalue weighted by molar-refractivity contribution is 5.74. The molecule has 0 aromatic heterocycles. The second-order valence-corrected chi connectivity index (χ2v) is 7.34. The predicted molar refractivity (Wildman–Crippen MR) is 97.6 cm³/mol. The van der Waals surface area contributed by atoms with Crippen LogP contribution < -0.4 is 0 Å². The molecule has 144 valence electrons. The van der Waals surface area contributed by atoms with Crippen LogP contribution in [-0.2, 0) is 9.53 Å². The second kappa shape index (κ2) is 9.09. The first kappa shape index (κ1) is 20.3. The van der Waals surface area contributed by atoms with Gasteiger partial charge in [-0.25, -0.2) is 0 Å². The smallest absolute Gasteiger partial charge is 0.311 e. The fourth-order valence-corrected chi connectivity index (χ4v) is 3.82. The molecule has 1 saturated heterocycles. The van der Waals surface area contributed by atoms with Gasteiger partial charge in [0, 0.05) is 12.6 Å². The Labute approximate surface area is 154 Å². The zero-order valence-electron chi connectivity index (χ0n) is 15.6. The average Bonchev–Trinajstić information content (AvgIpc) is 2.62. The molecule has 0 amide bonds. The number of para-hydroxylation sites is 1. The molecule has 1 aromatic carbocycles. The van der Waals surface area contributed by atoms with Crippen LogP contribution >= 0.6 is 0 Å². The second-order valence-electron chi connectivity index (χ2n) is 7.34. The average molecular weight is 364 g/mol. The third kappa shape index (κ3) is 4.80. The summed E-state index contributed by atoms with van der Waals surface area (Å²) in [6, 6.07) is 6.03. The number of hydrogen-bond donors (Lipinski definition) is 1. The maximum Gasteiger partial charge on any atom is 0.311 e. The van der Waals surface area contributed by atoms with Crippen LogP contribution in [-0.4, -0.2) is 47.6 Å². The van der Waals surface area contributed by atoms with Crippen molar-refractivity contribution >= 4 is 11.7 Å². The zero-order chi connectivity index (χ0) is 19.3. The lowest BCUT2D eigenvalue weighted by molar-refractivity contribution is -0.386. The van der Waals surface area contributed by atoms with Crippen LogP contribution in [0.2, 0.25) is 0 Å². The van der Waals surface area contributed by atoms with Crippen LogP contribution in [0.15, 0.2) is 24.3 Å². The molecule has 0 saturated carbocycles. The summed E-state index contributed by atoms with van der Waals surface area (Å²) in [4.78, 5) is 25.5. The molecule has 2 unspecified atom stereocenters. The van der Waals surface area contributed by atoms with Gasteiger partial charge in [0.2, 0.25) is 0 Å². The number of aliphatic hydroxyl groups is 1.